The summed E-state index contributed by atoms with van der Waals surface area (Å²) in [6.07, 6.45) is 3.74. The molecule has 3 aromatic carbocycles. The van der Waals surface area contributed by atoms with Crippen LogP contribution in [0.2, 0.25) is 0 Å². The summed E-state index contributed by atoms with van der Waals surface area (Å²) < 4.78 is 28.1. The van der Waals surface area contributed by atoms with E-state index in [1.165, 1.54) is 4.41 Å². The Balaban J connectivity index is 1.63. The highest BCUT2D eigenvalue weighted by atomic mass is 32.2. The van der Waals surface area contributed by atoms with Gasteiger partial charge in [0.2, 0.25) is 0 Å². The lowest BCUT2D eigenvalue weighted by Crippen LogP contribution is -2.27. The van der Waals surface area contributed by atoms with E-state index < -0.39 is 16.1 Å². The summed E-state index contributed by atoms with van der Waals surface area (Å²) in [5, 5.41) is 4.57. The molecule has 0 saturated carbocycles. The second kappa shape index (κ2) is 7.35. The number of aromatic nitrogens is 2. The molecule has 1 aliphatic rings. The predicted octanol–water partition coefficient (Wildman–Crippen LogP) is 4.17. The first-order valence-corrected chi connectivity index (χ1v) is 11.0. The van der Waals surface area contributed by atoms with Crippen molar-refractivity contribution in [3.63, 3.8) is 0 Å². The van der Waals surface area contributed by atoms with Crippen molar-refractivity contribution >= 4 is 26.8 Å². The zero-order valence-corrected chi connectivity index (χ0v) is 16.8. The first-order chi connectivity index (χ1) is 14.6. The fourth-order valence-electron chi connectivity index (χ4n) is 3.65. The summed E-state index contributed by atoms with van der Waals surface area (Å²) in [7, 11) is -3.82. The number of fused-ring (bicyclic) bond motifs is 1. The van der Waals surface area contributed by atoms with Gasteiger partial charge < -0.3 is 0 Å². The van der Waals surface area contributed by atoms with Gasteiger partial charge in [-0.05, 0) is 35.4 Å². The van der Waals surface area contributed by atoms with Crippen molar-refractivity contribution < 1.29 is 8.42 Å². The molecule has 1 atom stereocenters. The number of rotatable bonds is 4. The van der Waals surface area contributed by atoms with E-state index >= 15 is 0 Å². The maximum Gasteiger partial charge on any atom is 0.279 e. The lowest BCUT2D eigenvalue weighted by molar-refractivity contribution is 0.371. The van der Waals surface area contributed by atoms with E-state index in [1.807, 2.05) is 48.5 Å². The molecule has 0 N–H and O–H groups in total. The predicted molar refractivity (Wildman–Crippen MR) is 115 cm³/mol. The van der Waals surface area contributed by atoms with Crippen molar-refractivity contribution in [2.75, 3.05) is 0 Å². The summed E-state index contributed by atoms with van der Waals surface area (Å²) in [5.74, 6) is 0. The third-order valence-corrected chi connectivity index (χ3v) is 6.84. The third kappa shape index (κ3) is 3.23. The monoisotopic (exact) mass is 414 g/mol. The zero-order valence-electron chi connectivity index (χ0n) is 16.0. The number of hydrogen-bond donors (Lipinski definition) is 0. The molecule has 0 bridgehead atoms. The molecule has 0 radical (unpaired) electrons. The van der Waals surface area contributed by atoms with Gasteiger partial charge in [-0.2, -0.15) is 17.9 Å². The lowest BCUT2D eigenvalue weighted by atomic mass is 9.99. The van der Waals surface area contributed by atoms with E-state index in [9.17, 15) is 8.42 Å². The van der Waals surface area contributed by atoms with Gasteiger partial charge in [0.15, 0.2) is 0 Å². The zero-order chi connectivity index (χ0) is 20.6. The van der Waals surface area contributed by atoms with Crippen LogP contribution in [0.5, 0.6) is 0 Å². The van der Waals surface area contributed by atoms with Crippen LogP contribution in [-0.2, 0) is 10.0 Å². The van der Waals surface area contributed by atoms with Crippen molar-refractivity contribution in [1.82, 2.24) is 14.4 Å². The normalized spacial score (nSPS) is 16.6. The summed E-state index contributed by atoms with van der Waals surface area (Å²) in [6, 6.07) is 23.3. The van der Waals surface area contributed by atoms with Crippen molar-refractivity contribution in [3.8, 4) is 0 Å². The molecule has 1 aromatic heterocycles. The fourth-order valence-corrected chi connectivity index (χ4v) is 5.11. The molecule has 1 aliphatic heterocycles. The van der Waals surface area contributed by atoms with Crippen LogP contribution in [0.15, 0.2) is 101 Å². The summed E-state index contributed by atoms with van der Waals surface area (Å²) in [4.78, 5) is 8.89. The van der Waals surface area contributed by atoms with Crippen LogP contribution >= 0.6 is 0 Å². The molecular weight excluding hydrogens is 396 g/mol. The van der Waals surface area contributed by atoms with Crippen molar-refractivity contribution in [2.24, 2.45) is 5.10 Å². The summed E-state index contributed by atoms with van der Waals surface area (Å²) in [6.45, 7) is 0. The second-order valence-electron chi connectivity index (χ2n) is 7.03. The molecular formula is C23H18N4O2S. The van der Waals surface area contributed by atoms with Gasteiger partial charge in [-0.3, -0.25) is 9.97 Å². The Bertz CT molecular complexity index is 1340. The maximum atomic E-state index is 13.4. The van der Waals surface area contributed by atoms with Crippen LogP contribution in [0.4, 0.5) is 0 Å². The molecule has 0 fully saturated rings. The standard InChI is InChI=1S/C23H18N4O2S/c28-30(29,19-9-5-2-6-10-19)27-23(16-21(26-27)17-7-3-1-4-8-17)18-11-12-20-22(15-18)25-14-13-24-20/h1-15,23H,16H2/t23-/m0/s1. The average Bonchev–Trinajstić information content (AvgIpc) is 3.26. The third-order valence-electron chi connectivity index (χ3n) is 5.15. The molecule has 7 heteroatoms. The molecule has 0 spiro atoms. The molecule has 6 nitrogen and oxygen atoms in total. The van der Waals surface area contributed by atoms with Gasteiger partial charge >= 0.3 is 0 Å². The van der Waals surface area contributed by atoms with Gasteiger partial charge in [0.25, 0.3) is 10.0 Å². The highest BCUT2D eigenvalue weighted by molar-refractivity contribution is 7.89. The maximum absolute atomic E-state index is 13.4. The number of sulfonamides is 1. The second-order valence-corrected chi connectivity index (χ2v) is 8.82. The van der Waals surface area contributed by atoms with E-state index in [4.69, 9.17) is 0 Å². The molecule has 0 unspecified atom stereocenters. The van der Waals surface area contributed by atoms with E-state index in [1.54, 1.807) is 42.7 Å². The molecule has 30 heavy (non-hydrogen) atoms. The van der Waals surface area contributed by atoms with E-state index in [0.29, 0.717) is 6.42 Å². The van der Waals surface area contributed by atoms with Crippen LogP contribution in [0.25, 0.3) is 11.0 Å². The number of hydrazone groups is 1. The number of nitrogens with zero attached hydrogens (tertiary/aromatic N) is 4. The molecule has 5 rings (SSSR count). The summed E-state index contributed by atoms with van der Waals surface area (Å²) in [5.41, 5.74) is 3.96. The van der Waals surface area contributed by atoms with Crippen LogP contribution < -0.4 is 0 Å². The quantitative estimate of drug-likeness (QED) is 0.502. The van der Waals surface area contributed by atoms with Gasteiger partial charge in [-0.15, -0.1) is 0 Å². The SMILES string of the molecule is O=S(=O)(c1ccccc1)N1N=C(c2ccccc2)C[C@H]1c1ccc2nccnc2c1. The Morgan fingerprint density at radius 2 is 1.47 bits per heavy atom. The van der Waals surface area contributed by atoms with Gasteiger partial charge in [-0.25, -0.2) is 0 Å². The average molecular weight is 414 g/mol. The Morgan fingerprint density at radius 3 is 2.20 bits per heavy atom. The minimum atomic E-state index is -3.82. The lowest BCUT2D eigenvalue weighted by Gasteiger charge is -2.23. The van der Waals surface area contributed by atoms with E-state index in [2.05, 4.69) is 15.1 Å². The van der Waals surface area contributed by atoms with Crippen molar-refractivity contribution in [3.05, 3.63) is 102 Å². The molecule has 2 heterocycles. The van der Waals surface area contributed by atoms with Crippen molar-refractivity contribution in [2.45, 2.75) is 17.4 Å². The largest absolute Gasteiger partial charge is 0.279 e. The molecule has 4 aromatic rings. The summed E-state index contributed by atoms with van der Waals surface area (Å²) >= 11 is 0. The Hall–Kier alpha value is -3.58. The minimum Gasteiger partial charge on any atom is -0.253 e. The topological polar surface area (TPSA) is 75.5 Å². The first kappa shape index (κ1) is 18.4. The van der Waals surface area contributed by atoms with Gasteiger partial charge in [0, 0.05) is 18.8 Å². The van der Waals surface area contributed by atoms with E-state index in [-0.39, 0.29) is 4.90 Å². The Kier molecular flexibility index (Phi) is 4.52. The molecule has 0 aliphatic carbocycles. The van der Waals surface area contributed by atoms with Crippen LogP contribution in [-0.4, -0.2) is 28.5 Å². The van der Waals surface area contributed by atoms with Crippen LogP contribution in [0, 0.1) is 0 Å². The van der Waals surface area contributed by atoms with E-state index in [0.717, 1.165) is 27.9 Å². The highest BCUT2D eigenvalue weighted by Gasteiger charge is 2.37. The van der Waals surface area contributed by atoms with Gasteiger partial charge in [0.05, 0.1) is 27.7 Å². The highest BCUT2D eigenvalue weighted by Crippen LogP contribution is 2.37. The smallest absolute Gasteiger partial charge is 0.253 e. The number of hydrogen-bond acceptors (Lipinski definition) is 5. The number of benzene rings is 3. The van der Waals surface area contributed by atoms with Crippen LogP contribution in [0.1, 0.15) is 23.6 Å². The first-order valence-electron chi connectivity index (χ1n) is 9.56. The molecule has 148 valence electrons. The minimum absolute atomic E-state index is 0.216. The Labute approximate surface area is 174 Å². The van der Waals surface area contributed by atoms with Crippen LogP contribution in [0.3, 0.4) is 0 Å². The Morgan fingerprint density at radius 1 is 0.800 bits per heavy atom. The fraction of sp³-hybridized carbons (Fsp3) is 0.0870. The van der Waals surface area contributed by atoms with Gasteiger partial charge in [-0.1, -0.05) is 54.6 Å². The molecule has 0 amide bonds. The van der Waals surface area contributed by atoms with Crippen molar-refractivity contribution in [1.29, 1.82) is 0 Å². The van der Waals surface area contributed by atoms with Gasteiger partial charge in [0.1, 0.15) is 0 Å². The molecule has 0 saturated heterocycles.